The normalized spacial score (nSPS) is 22.0. The zero-order chi connectivity index (χ0) is 24.5. The molecule has 1 aromatic carbocycles. The lowest BCUT2D eigenvalue weighted by atomic mass is 9.88. The highest BCUT2D eigenvalue weighted by molar-refractivity contribution is 5.81. The van der Waals surface area contributed by atoms with Gasteiger partial charge >= 0.3 is 0 Å². The number of aromatic nitrogens is 1. The van der Waals surface area contributed by atoms with Crippen LogP contribution in [0.25, 0.3) is 0 Å². The minimum absolute atomic E-state index is 0.0138. The Balaban J connectivity index is 1.47. The third kappa shape index (κ3) is 7.04. The number of aryl methyl sites for hydroxylation is 1. The van der Waals surface area contributed by atoms with Gasteiger partial charge in [0.25, 0.3) is 0 Å². The Morgan fingerprint density at radius 2 is 1.80 bits per heavy atom. The van der Waals surface area contributed by atoms with Crippen LogP contribution in [-0.4, -0.2) is 65.9 Å². The molecule has 0 saturated carbocycles. The van der Waals surface area contributed by atoms with Crippen molar-refractivity contribution in [1.29, 1.82) is 0 Å². The van der Waals surface area contributed by atoms with Gasteiger partial charge in [0.05, 0.1) is 13.0 Å². The maximum absolute atomic E-state index is 13.2. The maximum atomic E-state index is 13.2. The van der Waals surface area contributed by atoms with Crippen LogP contribution in [-0.2, 0) is 22.6 Å². The number of hydrogen-bond donors (Lipinski definition) is 1. The van der Waals surface area contributed by atoms with Gasteiger partial charge in [-0.1, -0.05) is 25.0 Å². The number of carbonyl (C=O) groups is 2. The molecule has 7 heteroatoms. The van der Waals surface area contributed by atoms with Crippen molar-refractivity contribution in [2.75, 3.05) is 33.3 Å². The molecular formula is C28H38N4O3. The number of rotatable bonds is 6. The summed E-state index contributed by atoms with van der Waals surface area (Å²) in [6.45, 7) is 3.69. The smallest absolute Gasteiger partial charge is 0.224 e. The van der Waals surface area contributed by atoms with Gasteiger partial charge in [0.1, 0.15) is 5.75 Å². The van der Waals surface area contributed by atoms with Crippen LogP contribution in [0.5, 0.6) is 5.75 Å². The van der Waals surface area contributed by atoms with E-state index in [0.717, 1.165) is 56.6 Å². The van der Waals surface area contributed by atoms with E-state index in [1.54, 1.807) is 7.11 Å². The zero-order valence-corrected chi connectivity index (χ0v) is 20.8. The molecule has 188 valence electrons. The Bertz CT molecular complexity index is 950. The van der Waals surface area contributed by atoms with Crippen molar-refractivity contribution in [2.24, 2.45) is 5.92 Å². The molecule has 2 amide bonds. The molecule has 3 heterocycles. The third-order valence-corrected chi connectivity index (χ3v) is 7.33. The summed E-state index contributed by atoms with van der Waals surface area (Å²) < 4.78 is 5.23. The number of likely N-dealkylation sites (tertiary alicyclic amines) is 1. The summed E-state index contributed by atoms with van der Waals surface area (Å²) in [5.74, 6) is 1.03. The van der Waals surface area contributed by atoms with E-state index in [4.69, 9.17) is 4.74 Å². The standard InChI is InChI=1S/C28H38N4O3/c1-35-24-9-6-22(7-10-24)8-11-27(33)32-19-14-25-26(21-32)31(20-23-12-16-29-17-13-23)18-5-3-2-4-15-30-28(25)34/h6-7,9-10,12-13,16-17,25-26H,2-5,8,11,14-15,18-21H2,1H3,(H,30,34)/t25-,26-/m1/s1. The predicted octanol–water partition coefficient (Wildman–Crippen LogP) is 3.43. The lowest BCUT2D eigenvalue weighted by Crippen LogP contribution is -2.57. The molecule has 35 heavy (non-hydrogen) atoms. The molecule has 4 rings (SSSR count). The van der Waals surface area contributed by atoms with Crippen LogP contribution in [0.4, 0.5) is 0 Å². The molecule has 1 N–H and O–H groups in total. The number of ether oxygens (including phenoxy) is 1. The van der Waals surface area contributed by atoms with Crippen LogP contribution in [0.15, 0.2) is 48.8 Å². The first kappa shape index (κ1) is 25.2. The molecule has 0 bridgehead atoms. The Kier molecular flexibility index (Phi) is 9.12. The van der Waals surface area contributed by atoms with E-state index in [2.05, 4.69) is 15.2 Å². The second-order valence-electron chi connectivity index (χ2n) is 9.68. The van der Waals surface area contributed by atoms with Gasteiger partial charge in [-0.2, -0.15) is 0 Å². The Morgan fingerprint density at radius 3 is 2.57 bits per heavy atom. The van der Waals surface area contributed by atoms with Gasteiger partial charge in [-0.3, -0.25) is 19.5 Å². The highest BCUT2D eigenvalue weighted by Crippen LogP contribution is 2.26. The van der Waals surface area contributed by atoms with E-state index in [-0.39, 0.29) is 23.8 Å². The highest BCUT2D eigenvalue weighted by atomic mass is 16.5. The summed E-state index contributed by atoms with van der Waals surface area (Å²) in [6, 6.07) is 12.0. The Morgan fingerprint density at radius 1 is 1.03 bits per heavy atom. The van der Waals surface area contributed by atoms with E-state index >= 15 is 0 Å². The van der Waals surface area contributed by atoms with Crippen molar-refractivity contribution in [3.63, 3.8) is 0 Å². The average molecular weight is 479 g/mol. The van der Waals surface area contributed by atoms with Gasteiger partial charge in [0, 0.05) is 51.0 Å². The fourth-order valence-corrected chi connectivity index (χ4v) is 5.26. The van der Waals surface area contributed by atoms with Crippen LogP contribution in [0.2, 0.25) is 0 Å². The largest absolute Gasteiger partial charge is 0.497 e. The molecule has 2 atom stereocenters. The van der Waals surface area contributed by atoms with Gasteiger partial charge < -0.3 is 15.0 Å². The number of nitrogens with zero attached hydrogens (tertiary/aromatic N) is 3. The van der Waals surface area contributed by atoms with Gasteiger partial charge in [0.2, 0.25) is 11.8 Å². The minimum Gasteiger partial charge on any atom is -0.497 e. The molecule has 0 unspecified atom stereocenters. The highest BCUT2D eigenvalue weighted by Gasteiger charge is 2.38. The number of carbonyl (C=O) groups excluding carboxylic acids is 2. The number of methoxy groups -OCH3 is 1. The summed E-state index contributed by atoms with van der Waals surface area (Å²) in [7, 11) is 1.65. The molecule has 2 aliphatic heterocycles. The van der Waals surface area contributed by atoms with E-state index in [1.165, 1.54) is 5.56 Å². The van der Waals surface area contributed by atoms with E-state index in [1.807, 2.05) is 53.7 Å². The van der Waals surface area contributed by atoms with Crippen LogP contribution in [0.3, 0.4) is 0 Å². The van der Waals surface area contributed by atoms with Crippen molar-refractivity contribution in [3.05, 3.63) is 59.9 Å². The monoisotopic (exact) mass is 478 g/mol. The van der Waals surface area contributed by atoms with Crippen molar-refractivity contribution in [1.82, 2.24) is 20.1 Å². The first-order chi connectivity index (χ1) is 17.1. The average Bonchev–Trinajstić information content (AvgIpc) is 2.93. The number of piperidine rings is 1. The first-order valence-corrected chi connectivity index (χ1v) is 13.0. The van der Waals surface area contributed by atoms with E-state index < -0.39 is 0 Å². The summed E-state index contributed by atoms with van der Waals surface area (Å²) in [4.78, 5) is 35.0. The number of benzene rings is 1. The zero-order valence-electron chi connectivity index (χ0n) is 20.8. The van der Waals surface area contributed by atoms with Crippen LogP contribution < -0.4 is 10.1 Å². The van der Waals surface area contributed by atoms with E-state index in [9.17, 15) is 9.59 Å². The second-order valence-corrected chi connectivity index (χ2v) is 9.68. The third-order valence-electron chi connectivity index (χ3n) is 7.33. The van der Waals surface area contributed by atoms with Gasteiger partial charge in [0.15, 0.2) is 0 Å². The molecule has 7 nitrogen and oxygen atoms in total. The number of nitrogens with one attached hydrogen (secondary N) is 1. The van der Waals surface area contributed by atoms with Gasteiger partial charge in [-0.25, -0.2) is 0 Å². The molecule has 2 aliphatic rings. The topological polar surface area (TPSA) is 74.8 Å². The summed E-state index contributed by atoms with van der Waals surface area (Å²) in [5, 5.41) is 3.17. The van der Waals surface area contributed by atoms with Crippen molar-refractivity contribution in [3.8, 4) is 5.75 Å². The second kappa shape index (κ2) is 12.7. The Hall–Kier alpha value is -2.93. The van der Waals surface area contributed by atoms with E-state index in [0.29, 0.717) is 32.4 Å². The SMILES string of the molecule is COc1ccc(CCC(=O)N2CC[C@H]3C(=O)NCCCCCCN(Cc4ccncc4)[C@@H]3C2)cc1. The number of pyridine rings is 1. The molecule has 0 radical (unpaired) electrons. The van der Waals surface area contributed by atoms with Crippen molar-refractivity contribution in [2.45, 2.75) is 57.5 Å². The summed E-state index contributed by atoms with van der Waals surface area (Å²) in [5.41, 5.74) is 2.32. The number of fused-ring (bicyclic) bond motifs is 1. The van der Waals surface area contributed by atoms with Gasteiger partial charge in [-0.15, -0.1) is 0 Å². The molecule has 2 aromatic rings. The molecular weight excluding hydrogens is 440 g/mol. The minimum atomic E-state index is -0.0967. The molecule has 0 spiro atoms. The number of hydrogen-bond acceptors (Lipinski definition) is 5. The van der Waals surface area contributed by atoms with Crippen molar-refractivity contribution >= 4 is 11.8 Å². The first-order valence-electron chi connectivity index (χ1n) is 13.0. The predicted molar refractivity (Wildman–Crippen MR) is 136 cm³/mol. The van der Waals surface area contributed by atoms with Gasteiger partial charge in [-0.05, 0) is 67.6 Å². The van der Waals surface area contributed by atoms with Crippen LogP contribution in [0.1, 0.15) is 49.7 Å². The molecule has 2 fully saturated rings. The maximum Gasteiger partial charge on any atom is 0.224 e. The summed E-state index contributed by atoms with van der Waals surface area (Å²) in [6.07, 6.45) is 9.95. The summed E-state index contributed by atoms with van der Waals surface area (Å²) >= 11 is 0. The molecule has 0 aliphatic carbocycles. The quantitative estimate of drug-likeness (QED) is 0.689. The van der Waals surface area contributed by atoms with Crippen LogP contribution in [0, 0.1) is 5.92 Å². The molecule has 1 aromatic heterocycles. The Labute approximate surface area is 208 Å². The number of amides is 2. The lowest BCUT2D eigenvalue weighted by molar-refractivity contribution is -0.139. The van der Waals surface area contributed by atoms with Crippen molar-refractivity contribution < 1.29 is 14.3 Å². The van der Waals surface area contributed by atoms with Crippen LogP contribution >= 0.6 is 0 Å². The molecule has 2 saturated heterocycles. The fraction of sp³-hybridized carbons (Fsp3) is 0.536. The lowest BCUT2D eigenvalue weighted by Gasteiger charge is -2.43. The fourth-order valence-electron chi connectivity index (χ4n) is 5.26.